The molecule has 0 saturated carbocycles. The van der Waals surface area contributed by atoms with Gasteiger partial charge >= 0.3 is 0 Å². The highest BCUT2D eigenvalue weighted by Crippen LogP contribution is 2.34. The van der Waals surface area contributed by atoms with E-state index in [1.165, 1.54) is 28.8 Å². The summed E-state index contributed by atoms with van der Waals surface area (Å²) in [5, 5.41) is 3.14. The van der Waals surface area contributed by atoms with Gasteiger partial charge in [-0.1, -0.05) is 48.6 Å². The molecule has 85 valence electrons. The maximum atomic E-state index is 3.88. The molecule has 2 aliphatic rings. The molecule has 0 bridgehead atoms. The van der Waals surface area contributed by atoms with Crippen molar-refractivity contribution in [3.8, 4) is 0 Å². The summed E-state index contributed by atoms with van der Waals surface area (Å²) < 4.78 is 0. The van der Waals surface area contributed by atoms with Crippen LogP contribution < -0.4 is 5.32 Å². The fourth-order valence-corrected chi connectivity index (χ4v) is 2.75. The van der Waals surface area contributed by atoms with Crippen LogP contribution in [0.3, 0.4) is 0 Å². The lowest BCUT2D eigenvalue weighted by Gasteiger charge is -2.18. The highest BCUT2D eigenvalue weighted by atomic mass is 14.8. The Kier molecular flexibility index (Phi) is 2.60. The van der Waals surface area contributed by atoms with Gasteiger partial charge in [0, 0.05) is 24.2 Å². The minimum absolute atomic E-state index is 0.525. The van der Waals surface area contributed by atoms with Gasteiger partial charge in [0.2, 0.25) is 0 Å². The van der Waals surface area contributed by atoms with Crippen LogP contribution in [0, 0.1) is 13.0 Å². The largest absolute Gasteiger partial charge is 0.383 e. The summed E-state index contributed by atoms with van der Waals surface area (Å²) in [6, 6.07) is 8.62. The third-order valence-corrected chi connectivity index (χ3v) is 3.61. The minimum atomic E-state index is 0.525. The van der Waals surface area contributed by atoms with Gasteiger partial charge < -0.3 is 5.32 Å². The van der Waals surface area contributed by atoms with Gasteiger partial charge in [-0.15, -0.1) is 0 Å². The van der Waals surface area contributed by atoms with Crippen molar-refractivity contribution in [3.63, 3.8) is 0 Å². The third-order valence-electron chi connectivity index (χ3n) is 3.61. The number of fused-ring (bicyclic) bond motifs is 2. The van der Waals surface area contributed by atoms with Gasteiger partial charge in [0.25, 0.3) is 0 Å². The molecule has 2 aliphatic carbocycles. The minimum Gasteiger partial charge on any atom is -0.383 e. The van der Waals surface area contributed by atoms with Gasteiger partial charge in [-0.05, 0) is 24.0 Å². The van der Waals surface area contributed by atoms with Gasteiger partial charge in [-0.25, -0.2) is 0 Å². The zero-order chi connectivity index (χ0) is 11.7. The predicted octanol–water partition coefficient (Wildman–Crippen LogP) is 3.47. The van der Waals surface area contributed by atoms with Crippen LogP contribution in [-0.4, -0.2) is 0 Å². The van der Waals surface area contributed by atoms with Crippen LogP contribution in [0.2, 0.25) is 0 Å². The van der Waals surface area contributed by atoms with Crippen LogP contribution in [0.1, 0.15) is 17.5 Å². The number of allylic oxidation sites excluding steroid dienone is 5. The van der Waals surface area contributed by atoms with Gasteiger partial charge in [-0.2, -0.15) is 0 Å². The molecule has 1 radical (unpaired) electrons. The van der Waals surface area contributed by atoms with Crippen molar-refractivity contribution in [2.45, 2.75) is 12.8 Å². The SMILES string of the molecule is [CH2]NC1=C2C=CC=CC2CCc2ccccc21. The van der Waals surface area contributed by atoms with Crippen molar-refractivity contribution in [2.75, 3.05) is 0 Å². The number of nitrogens with one attached hydrogen (secondary N) is 1. The van der Waals surface area contributed by atoms with E-state index in [9.17, 15) is 0 Å². The van der Waals surface area contributed by atoms with Crippen LogP contribution in [0.15, 0.2) is 54.1 Å². The molecule has 0 spiro atoms. The van der Waals surface area contributed by atoms with E-state index < -0.39 is 0 Å². The second-order valence-electron chi connectivity index (χ2n) is 4.55. The average Bonchev–Trinajstić information content (AvgIpc) is 2.55. The zero-order valence-electron chi connectivity index (χ0n) is 9.82. The van der Waals surface area contributed by atoms with Crippen molar-refractivity contribution >= 4 is 5.70 Å². The van der Waals surface area contributed by atoms with E-state index in [1.54, 1.807) is 0 Å². The topological polar surface area (TPSA) is 12.0 Å². The molecule has 0 amide bonds. The Morgan fingerprint density at radius 2 is 2.06 bits per heavy atom. The maximum absolute atomic E-state index is 3.88. The Morgan fingerprint density at radius 3 is 2.94 bits per heavy atom. The molecule has 3 rings (SSSR count). The van der Waals surface area contributed by atoms with Crippen molar-refractivity contribution in [1.29, 1.82) is 0 Å². The van der Waals surface area contributed by atoms with E-state index in [1.807, 2.05) is 0 Å². The number of benzene rings is 1. The van der Waals surface area contributed by atoms with E-state index in [-0.39, 0.29) is 0 Å². The molecular formula is C16H16N. The Balaban J connectivity index is 2.20. The molecular weight excluding hydrogens is 206 g/mol. The highest BCUT2D eigenvalue weighted by molar-refractivity contribution is 5.74. The fourth-order valence-electron chi connectivity index (χ4n) is 2.75. The molecule has 1 atom stereocenters. The summed E-state index contributed by atoms with van der Waals surface area (Å²) in [5.74, 6) is 0.525. The summed E-state index contributed by atoms with van der Waals surface area (Å²) in [7, 11) is 3.88. The van der Waals surface area contributed by atoms with Gasteiger partial charge in [0.1, 0.15) is 0 Å². The molecule has 1 N–H and O–H groups in total. The van der Waals surface area contributed by atoms with Crippen LogP contribution >= 0.6 is 0 Å². The lowest BCUT2D eigenvalue weighted by Crippen LogP contribution is -2.10. The first-order valence-corrected chi connectivity index (χ1v) is 6.10. The second kappa shape index (κ2) is 4.25. The quantitative estimate of drug-likeness (QED) is 0.767. The van der Waals surface area contributed by atoms with E-state index in [2.05, 4.69) is 60.9 Å². The number of rotatable bonds is 1. The summed E-state index contributed by atoms with van der Waals surface area (Å²) in [6.45, 7) is 0. The first-order valence-electron chi connectivity index (χ1n) is 6.10. The average molecular weight is 222 g/mol. The smallest absolute Gasteiger partial charge is 0.0455 e. The summed E-state index contributed by atoms with van der Waals surface area (Å²) in [4.78, 5) is 0. The van der Waals surface area contributed by atoms with Crippen molar-refractivity contribution in [1.82, 2.24) is 5.32 Å². The zero-order valence-corrected chi connectivity index (χ0v) is 9.82. The second-order valence-corrected chi connectivity index (χ2v) is 4.55. The van der Waals surface area contributed by atoms with Crippen LogP contribution in [0.25, 0.3) is 5.70 Å². The highest BCUT2D eigenvalue weighted by Gasteiger charge is 2.21. The molecule has 1 aromatic carbocycles. The molecule has 17 heavy (non-hydrogen) atoms. The molecule has 0 saturated heterocycles. The molecule has 0 fully saturated rings. The van der Waals surface area contributed by atoms with Gasteiger partial charge in [-0.3, -0.25) is 0 Å². The molecule has 0 aliphatic heterocycles. The molecule has 1 aromatic rings. The van der Waals surface area contributed by atoms with E-state index in [4.69, 9.17) is 0 Å². The normalized spacial score (nSPS) is 21.8. The monoisotopic (exact) mass is 222 g/mol. The molecule has 0 aromatic heterocycles. The lowest BCUT2D eigenvalue weighted by molar-refractivity contribution is 0.689. The Labute approximate surface area is 103 Å². The van der Waals surface area contributed by atoms with Gasteiger partial charge in [0.15, 0.2) is 0 Å². The van der Waals surface area contributed by atoms with E-state index in [0.717, 1.165) is 6.42 Å². The summed E-state index contributed by atoms with van der Waals surface area (Å²) >= 11 is 0. The van der Waals surface area contributed by atoms with E-state index >= 15 is 0 Å². The molecule has 1 nitrogen and oxygen atoms in total. The van der Waals surface area contributed by atoms with Crippen molar-refractivity contribution in [2.24, 2.45) is 5.92 Å². The lowest BCUT2D eigenvalue weighted by atomic mass is 9.90. The summed E-state index contributed by atoms with van der Waals surface area (Å²) in [6.07, 6.45) is 11.1. The van der Waals surface area contributed by atoms with Crippen molar-refractivity contribution in [3.05, 3.63) is 72.3 Å². The van der Waals surface area contributed by atoms with E-state index in [0.29, 0.717) is 5.92 Å². The number of hydrogen-bond donors (Lipinski definition) is 1. The molecule has 1 heteroatoms. The van der Waals surface area contributed by atoms with Crippen molar-refractivity contribution < 1.29 is 0 Å². The Hall–Kier alpha value is -1.76. The summed E-state index contributed by atoms with van der Waals surface area (Å²) in [5.41, 5.74) is 5.28. The van der Waals surface area contributed by atoms with Crippen LogP contribution in [0.5, 0.6) is 0 Å². The number of aryl methyl sites for hydroxylation is 1. The standard InChI is InChI=1S/C16H16N/c1-17-16-14-8-4-2-6-12(14)10-11-13-7-3-5-9-15(13)16/h2-9,12,17H,1,10-11H2. The molecule has 1 unspecified atom stereocenters. The maximum Gasteiger partial charge on any atom is 0.0455 e. The Bertz CT molecular complexity index is 520. The predicted molar refractivity (Wildman–Crippen MR) is 71.9 cm³/mol. The van der Waals surface area contributed by atoms with Gasteiger partial charge in [0.05, 0.1) is 0 Å². The third kappa shape index (κ3) is 1.72. The molecule has 0 heterocycles. The van der Waals surface area contributed by atoms with Crippen LogP contribution in [0.4, 0.5) is 0 Å². The Morgan fingerprint density at radius 1 is 1.18 bits per heavy atom. The van der Waals surface area contributed by atoms with Crippen LogP contribution in [-0.2, 0) is 6.42 Å². The fraction of sp³-hybridized carbons (Fsp3) is 0.188. The first-order chi connectivity index (χ1) is 8.40. The first kappa shape index (κ1) is 10.4. The number of hydrogen-bond acceptors (Lipinski definition) is 1.